The average Bonchev–Trinajstić information content (AvgIpc) is 3.34. The fourth-order valence-corrected chi connectivity index (χ4v) is 5.13. The third kappa shape index (κ3) is 4.51. The smallest absolute Gasteiger partial charge is 0.223 e. The van der Waals surface area contributed by atoms with Gasteiger partial charge in [-0.1, -0.05) is 37.8 Å². The van der Waals surface area contributed by atoms with Crippen molar-refractivity contribution in [2.45, 2.75) is 51.0 Å². The number of carbonyl (C=O) groups excluding carboxylic acids is 1. The summed E-state index contributed by atoms with van der Waals surface area (Å²) in [5.74, 6) is 3.19. The van der Waals surface area contributed by atoms with Crippen molar-refractivity contribution in [1.82, 2.24) is 4.90 Å². The Morgan fingerprint density at radius 2 is 1.65 bits per heavy atom. The fraction of sp³-hybridized carbons (Fsp3) is 0.500. The molecule has 0 saturated heterocycles. The van der Waals surface area contributed by atoms with Crippen LogP contribution in [0.3, 0.4) is 0 Å². The summed E-state index contributed by atoms with van der Waals surface area (Å²) in [6.07, 6.45) is 7.61. The van der Waals surface area contributed by atoms with Crippen LogP contribution in [0.2, 0.25) is 0 Å². The number of methoxy groups -OCH3 is 3. The van der Waals surface area contributed by atoms with Gasteiger partial charge < -0.3 is 19.1 Å². The highest BCUT2D eigenvalue weighted by Gasteiger charge is 2.33. The first-order valence-electron chi connectivity index (χ1n) is 11.3. The molecule has 1 saturated carbocycles. The molecule has 31 heavy (non-hydrogen) atoms. The van der Waals surface area contributed by atoms with E-state index < -0.39 is 0 Å². The summed E-state index contributed by atoms with van der Waals surface area (Å²) in [7, 11) is 4.98. The van der Waals surface area contributed by atoms with Crippen molar-refractivity contribution in [3.63, 3.8) is 0 Å². The van der Waals surface area contributed by atoms with E-state index in [1.54, 1.807) is 21.3 Å². The van der Waals surface area contributed by atoms with Crippen LogP contribution in [0, 0.1) is 5.92 Å². The summed E-state index contributed by atoms with van der Waals surface area (Å²) in [5.41, 5.74) is 3.41. The Bertz CT molecular complexity index is 902. The number of amides is 1. The van der Waals surface area contributed by atoms with Crippen LogP contribution in [0.4, 0.5) is 0 Å². The molecule has 0 bridgehead atoms. The van der Waals surface area contributed by atoms with E-state index in [2.05, 4.69) is 23.1 Å². The molecule has 4 rings (SSSR count). The van der Waals surface area contributed by atoms with E-state index in [1.165, 1.54) is 31.2 Å². The van der Waals surface area contributed by atoms with Crippen LogP contribution >= 0.6 is 0 Å². The second-order valence-corrected chi connectivity index (χ2v) is 8.61. The topological polar surface area (TPSA) is 48.0 Å². The summed E-state index contributed by atoms with van der Waals surface area (Å²) in [5, 5.41) is 0. The molecular weight excluding hydrogens is 390 g/mol. The van der Waals surface area contributed by atoms with E-state index >= 15 is 0 Å². The Hall–Kier alpha value is -2.69. The first kappa shape index (κ1) is 21.5. The van der Waals surface area contributed by atoms with Gasteiger partial charge in [0.25, 0.3) is 0 Å². The molecule has 2 aromatic rings. The third-order valence-corrected chi connectivity index (χ3v) is 6.87. The Labute approximate surface area is 185 Å². The molecule has 1 atom stereocenters. The van der Waals surface area contributed by atoms with Gasteiger partial charge in [0.1, 0.15) is 5.75 Å². The van der Waals surface area contributed by atoms with E-state index in [-0.39, 0.29) is 11.9 Å². The largest absolute Gasteiger partial charge is 0.497 e. The average molecular weight is 424 g/mol. The highest BCUT2D eigenvalue weighted by Crippen LogP contribution is 2.42. The van der Waals surface area contributed by atoms with Gasteiger partial charge in [-0.15, -0.1) is 0 Å². The van der Waals surface area contributed by atoms with Gasteiger partial charge in [0.05, 0.1) is 27.4 Å². The normalized spacial score (nSPS) is 18.5. The molecule has 5 nitrogen and oxygen atoms in total. The zero-order valence-electron chi connectivity index (χ0n) is 18.9. The Balaban J connectivity index is 1.68. The standard InChI is InChI=1S/C26H33NO4/c1-29-21-11-9-19(10-12-21)26-22-17-24(31-3)23(30-2)16-20(22)14-15-27(26)25(28)13-8-18-6-4-5-7-18/h9-12,16-18,26H,4-8,13-15H2,1-3H3. The molecule has 2 aromatic carbocycles. The molecule has 1 aliphatic carbocycles. The molecular formula is C26H33NO4. The molecule has 0 aromatic heterocycles. The van der Waals surface area contributed by atoms with Gasteiger partial charge in [0, 0.05) is 13.0 Å². The van der Waals surface area contributed by atoms with Crippen LogP contribution in [-0.4, -0.2) is 38.7 Å². The van der Waals surface area contributed by atoms with Crippen molar-refractivity contribution in [2.75, 3.05) is 27.9 Å². The van der Waals surface area contributed by atoms with Gasteiger partial charge in [-0.25, -0.2) is 0 Å². The van der Waals surface area contributed by atoms with Gasteiger partial charge >= 0.3 is 0 Å². The molecule has 166 valence electrons. The van der Waals surface area contributed by atoms with E-state index in [4.69, 9.17) is 14.2 Å². The van der Waals surface area contributed by atoms with E-state index in [9.17, 15) is 4.79 Å². The Kier molecular flexibility index (Phi) is 6.69. The van der Waals surface area contributed by atoms with Gasteiger partial charge in [0.2, 0.25) is 5.91 Å². The first-order chi connectivity index (χ1) is 15.1. The van der Waals surface area contributed by atoms with Crippen LogP contribution < -0.4 is 14.2 Å². The number of nitrogens with zero attached hydrogens (tertiary/aromatic N) is 1. The van der Waals surface area contributed by atoms with Crippen molar-refractivity contribution in [2.24, 2.45) is 5.92 Å². The summed E-state index contributed by atoms with van der Waals surface area (Å²) in [4.78, 5) is 15.5. The van der Waals surface area contributed by atoms with Crippen LogP contribution in [0.25, 0.3) is 0 Å². The van der Waals surface area contributed by atoms with E-state index in [0.717, 1.165) is 35.5 Å². The van der Waals surface area contributed by atoms with Gasteiger partial charge in [-0.2, -0.15) is 0 Å². The maximum absolute atomic E-state index is 13.4. The number of benzene rings is 2. The minimum absolute atomic E-state index is 0.134. The first-order valence-corrected chi connectivity index (χ1v) is 11.3. The predicted octanol–water partition coefficient (Wildman–Crippen LogP) is 5.16. The van der Waals surface area contributed by atoms with E-state index in [1.807, 2.05) is 18.2 Å². The molecule has 5 heteroatoms. The molecule has 1 aliphatic heterocycles. The highest BCUT2D eigenvalue weighted by molar-refractivity contribution is 5.78. The Morgan fingerprint density at radius 3 is 2.29 bits per heavy atom. The second kappa shape index (κ2) is 9.63. The number of fused-ring (bicyclic) bond motifs is 1. The van der Waals surface area contributed by atoms with Gasteiger partial charge in [0.15, 0.2) is 11.5 Å². The lowest BCUT2D eigenvalue weighted by atomic mass is 9.87. The van der Waals surface area contributed by atoms with E-state index in [0.29, 0.717) is 24.6 Å². The Morgan fingerprint density at radius 1 is 0.968 bits per heavy atom. The summed E-state index contributed by atoms with van der Waals surface area (Å²) in [6, 6.07) is 12.0. The monoisotopic (exact) mass is 423 g/mol. The number of hydrogen-bond donors (Lipinski definition) is 0. The van der Waals surface area contributed by atoms with Crippen molar-refractivity contribution in [3.8, 4) is 17.2 Å². The number of hydrogen-bond acceptors (Lipinski definition) is 4. The van der Waals surface area contributed by atoms with Crippen molar-refractivity contribution < 1.29 is 19.0 Å². The quantitative estimate of drug-likeness (QED) is 0.617. The maximum Gasteiger partial charge on any atom is 0.223 e. The molecule has 0 radical (unpaired) electrons. The minimum atomic E-state index is -0.134. The predicted molar refractivity (Wildman–Crippen MR) is 121 cm³/mol. The van der Waals surface area contributed by atoms with Crippen molar-refractivity contribution in [1.29, 1.82) is 0 Å². The molecule has 1 amide bonds. The van der Waals surface area contributed by atoms with Crippen LogP contribution in [0.15, 0.2) is 36.4 Å². The minimum Gasteiger partial charge on any atom is -0.497 e. The van der Waals surface area contributed by atoms with Crippen LogP contribution in [0.5, 0.6) is 17.2 Å². The second-order valence-electron chi connectivity index (χ2n) is 8.61. The lowest BCUT2D eigenvalue weighted by Crippen LogP contribution is -2.40. The molecule has 0 spiro atoms. The molecule has 1 heterocycles. The van der Waals surface area contributed by atoms with Crippen LogP contribution in [-0.2, 0) is 11.2 Å². The summed E-state index contributed by atoms with van der Waals surface area (Å²) in [6.45, 7) is 0.711. The summed E-state index contributed by atoms with van der Waals surface area (Å²) >= 11 is 0. The zero-order chi connectivity index (χ0) is 21.8. The molecule has 1 unspecified atom stereocenters. The third-order valence-electron chi connectivity index (χ3n) is 6.87. The lowest BCUT2D eigenvalue weighted by molar-refractivity contribution is -0.133. The van der Waals surface area contributed by atoms with Gasteiger partial charge in [-0.05, 0) is 59.7 Å². The van der Waals surface area contributed by atoms with Crippen molar-refractivity contribution >= 4 is 5.91 Å². The molecule has 1 fully saturated rings. The molecule has 2 aliphatic rings. The molecule has 0 N–H and O–H groups in total. The number of ether oxygens (including phenoxy) is 3. The summed E-state index contributed by atoms with van der Waals surface area (Å²) < 4.78 is 16.5. The zero-order valence-corrected chi connectivity index (χ0v) is 18.9. The number of carbonyl (C=O) groups is 1. The maximum atomic E-state index is 13.4. The lowest BCUT2D eigenvalue weighted by Gasteiger charge is -2.38. The van der Waals surface area contributed by atoms with Crippen molar-refractivity contribution in [3.05, 3.63) is 53.1 Å². The van der Waals surface area contributed by atoms with Crippen LogP contribution in [0.1, 0.15) is 61.3 Å². The highest BCUT2D eigenvalue weighted by atomic mass is 16.5. The fourth-order valence-electron chi connectivity index (χ4n) is 5.13. The van der Waals surface area contributed by atoms with Gasteiger partial charge in [-0.3, -0.25) is 4.79 Å². The number of rotatable bonds is 7. The SMILES string of the molecule is COc1ccc(C2c3cc(OC)c(OC)cc3CCN2C(=O)CCC2CCCC2)cc1.